The van der Waals surface area contributed by atoms with Gasteiger partial charge in [-0.1, -0.05) is 23.8 Å². The average molecular weight is 313 g/mol. The molecule has 0 aliphatic rings. The van der Waals surface area contributed by atoms with E-state index in [9.17, 15) is 9.18 Å². The van der Waals surface area contributed by atoms with Crippen molar-refractivity contribution in [2.45, 2.75) is 6.54 Å². The van der Waals surface area contributed by atoms with Crippen LogP contribution >= 0.6 is 23.8 Å². The van der Waals surface area contributed by atoms with Crippen LogP contribution in [-0.2, 0) is 11.3 Å². The maximum absolute atomic E-state index is 13.0. The molecule has 0 saturated heterocycles. The van der Waals surface area contributed by atoms with E-state index >= 15 is 0 Å². The van der Waals surface area contributed by atoms with Crippen molar-refractivity contribution in [3.63, 3.8) is 0 Å². The second-order valence-electron chi connectivity index (χ2n) is 3.85. The maximum atomic E-state index is 13.0. The van der Waals surface area contributed by atoms with Gasteiger partial charge in [0.05, 0.1) is 17.8 Å². The largest absolute Gasteiger partial charge is 0.467 e. The predicted octanol–water partition coefficient (Wildman–Crippen LogP) is 3.13. The molecule has 0 aliphatic heterocycles. The summed E-state index contributed by atoms with van der Waals surface area (Å²) in [6.45, 7) is 0.309. The van der Waals surface area contributed by atoms with E-state index in [1.165, 1.54) is 18.4 Å². The Morgan fingerprint density at radius 1 is 1.40 bits per heavy atom. The third-order valence-corrected chi connectivity index (χ3v) is 3.01. The summed E-state index contributed by atoms with van der Waals surface area (Å²) in [5, 5.41) is 5.19. The molecule has 20 heavy (non-hydrogen) atoms. The van der Waals surface area contributed by atoms with Crippen LogP contribution in [0.15, 0.2) is 41.0 Å². The molecule has 0 saturated carbocycles. The topological polar surface area (TPSA) is 54.3 Å². The summed E-state index contributed by atoms with van der Waals surface area (Å²) < 4.78 is 18.1. The standard InChI is InChI=1S/C13H10ClFN2O2S/c14-10-6-8(3-4-11(10)15)17-12(18)13(20)16-7-9-2-1-5-19-9/h1-6H,7H2,(H,16,20)(H,17,18). The smallest absolute Gasteiger partial charge is 0.283 e. The highest BCUT2D eigenvalue weighted by atomic mass is 35.5. The van der Waals surface area contributed by atoms with Crippen molar-refractivity contribution in [1.29, 1.82) is 0 Å². The number of amides is 1. The lowest BCUT2D eigenvalue weighted by Gasteiger charge is -2.08. The summed E-state index contributed by atoms with van der Waals surface area (Å²) in [5.74, 6) is -0.401. The van der Waals surface area contributed by atoms with E-state index < -0.39 is 11.7 Å². The van der Waals surface area contributed by atoms with Crippen LogP contribution in [-0.4, -0.2) is 10.9 Å². The van der Waals surface area contributed by atoms with Crippen molar-refractivity contribution >= 4 is 40.4 Å². The molecular formula is C13H10ClFN2O2S. The van der Waals surface area contributed by atoms with Gasteiger partial charge in [-0.15, -0.1) is 0 Å². The molecule has 0 radical (unpaired) electrons. The molecule has 0 fully saturated rings. The summed E-state index contributed by atoms with van der Waals surface area (Å²) in [7, 11) is 0. The number of thiocarbonyl (C=S) groups is 1. The molecule has 4 nitrogen and oxygen atoms in total. The summed E-state index contributed by atoms with van der Waals surface area (Å²) in [4.78, 5) is 11.8. The van der Waals surface area contributed by atoms with Crippen LogP contribution in [0.25, 0.3) is 0 Å². The number of nitrogens with one attached hydrogen (secondary N) is 2. The zero-order chi connectivity index (χ0) is 14.5. The molecule has 0 bridgehead atoms. The molecule has 0 unspecified atom stereocenters. The number of rotatable bonds is 3. The van der Waals surface area contributed by atoms with Crippen molar-refractivity contribution in [2.24, 2.45) is 0 Å². The number of furan rings is 1. The number of hydrogen-bond donors (Lipinski definition) is 2. The minimum absolute atomic E-state index is 0.00171. The molecule has 0 aliphatic carbocycles. The number of hydrogen-bond acceptors (Lipinski definition) is 3. The molecule has 2 N–H and O–H groups in total. The Morgan fingerprint density at radius 2 is 2.20 bits per heavy atom. The quantitative estimate of drug-likeness (QED) is 0.855. The Balaban J connectivity index is 1.90. The Bertz CT molecular complexity index is 631. The molecule has 0 atom stereocenters. The lowest BCUT2D eigenvalue weighted by atomic mass is 10.3. The Labute approximate surface area is 124 Å². The average Bonchev–Trinajstić information content (AvgIpc) is 2.93. The number of carbonyl (C=O) groups excluding carboxylic acids is 1. The third kappa shape index (κ3) is 3.79. The lowest BCUT2D eigenvalue weighted by molar-refractivity contribution is -0.110. The highest BCUT2D eigenvalue weighted by Gasteiger charge is 2.10. The van der Waals surface area contributed by atoms with Gasteiger partial charge in [0.2, 0.25) is 0 Å². The summed E-state index contributed by atoms with van der Waals surface area (Å²) >= 11 is 10.6. The van der Waals surface area contributed by atoms with Crippen molar-refractivity contribution in [3.8, 4) is 0 Å². The zero-order valence-corrected chi connectivity index (χ0v) is 11.7. The van der Waals surface area contributed by atoms with Gasteiger partial charge in [-0.05, 0) is 30.3 Å². The third-order valence-electron chi connectivity index (χ3n) is 2.39. The highest BCUT2D eigenvalue weighted by molar-refractivity contribution is 7.82. The van der Waals surface area contributed by atoms with Crippen molar-refractivity contribution in [3.05, 3.63) is 53.2 Å². The van der Waals surface area contributed by atoms with Gasteiger partial charge in [-0.2, -0.15) is 0 Å². The zero-order valence-electron chi connectivity index (χ0n) is 10.2. The summed E-state index contributed by atoms with van der Waals surface area (Å²) in [5.41, 5.74) is 0.364. The SMILES string of the molecule is O=C(Nc1ccc(F)c(Cl)c1)C(=S)NCc1ccco1. The van der Waals surface area contributed by atoms with Gasteiger partial charge in [0.15, 0.2) is 4.99 Å². The van der Waals surface area contributed by atoms with Gasteiger partial charge in [0.25, 0.3) is 5.91 Å². The molecular weight excluding hydrogens is 303 g/mol. The lowest BCUT2D eigenvalue weighted by Crippen LogP contribution is -2.33. The van der Waals surface area contributed by atoms with Gasteiger partial charge >= 0.3 is 0 Å². The second kappa shape index (κ2) is 6.49. The van der Waals surface area contributed by atoms with Crippen LogP contribution in [0.2, 0.25) is 5.02 Å². The molecule has 2 aromatic rings. The minimum atomic E-state index is -0.553. The van der Waals surface area contributed by atoms with Crippen LogP contribution in [0.3, 0.4) is 0 Å². The van der Waals surface area contributed by atoms with Gasteiger partial charge < -0.3 is 15.1 Å². The highest BCUT2D eigenvalue weighted by Crippen LogP contribution is 2.19. The van der Waals surface area contributed by atoms with Gasteiger partial charge in [-0.3, -0.25) is 4.79 Å². The molecule has 1 amide bonds. The first-order valence-electron chi connectivity index (χ1n) is 5.63. The molecule has 1 aromatic carbocycles. The van der Waals surface area contributed by atoms with Gasteiger partial charge in [0.1, 0.15) is 11.6 Å². The predicted molar refractivity (Wildman–Crippen MR) is 78.2 cm³/mol. The molecule has 2 rings (SSSR count). The van der Waals surface area contributed by atoms with E-state index in [4.69, 9.17) is 28.2 Å². The first kappa shape index (κ1) is 14.5. The van der Waals surface area contributed by atoms with Crippen LogP contribution < -0.4 is 10.6 Å². The Kier molecular flexibility index (Phi) is 4.70. The molecule has 7 heteroatoms. The Hall–Kier alpha value is -1.92. The Morgan fingerprint density at radius 3 is 2.85 bits per heavy atom. The molecule has 1 heterocycles. The molecule has 104 valence electrons. The first-order valence-corrected chi connectivity index (χ1v) is 6.41. The van der Waals surface area contributed by atoms with E-state index in [0.717, 1.165) is 6.07 Å². The van der Waals surface area contributed by atoms with E-state index in [2.05, 4.69) is 10.6 Å². The van der Waals surface area contributed by atoms with Crippen molar-refractivity contribution in [1.82, 2.24) is 5.32 Å². The number of benzene rings is 1. The molecule has 1 aromatic heterocycles. The van der Waals surface area contributed by atoms with Crippen molar-refractivity contribution in [2.75, 3.05) is 5.32 Å². The van der Waals surface area contributed by atoms with E-state index in [1.807, 2.05) is 0 Å². The van der Waals surface area contributed by atoms with Crippen LogP contribution in [0.1, 0.15) is 5.76 Å². The van der Waals surface area contributed by atoms with Crippen LogP contribution in [0, 0.1) is 5.82 Å². The van der Waals surface area contributed by atoms with E-state index in [0.29, 0.717) is 18.0 Å². The van der Waals surface area contributed by atoms with E-state index in [-0.39, 0.29) is 10.0 Å². The fourth-order valence-electron chi connectivity index (χ4n) is 1.42. The first-order chi connectivity index (χ1) is 9.56. The van der Waals surface area contributed by atoms with Crippen LogP contribution in [0.5, 0.6) is 0 Å². The second-order valence-corrected chi connectivity index (χ2v) is 4.66. The summed E-state index contributed by atoms with van der Waals surface area (Å²) in [6.07, 6.45) is 1.53. The minimum Gasteiger partial charge on any atom is -0.467 e. The van der Waals surface area contributed by atoms with Crippen LogP contribution in [0.4, 0.5) is 10.1 Å². The fourth-order valence-corrected chi connectivity index (χ4v) is 1.73. The van der Waals surface area contributed by atoms with Crippen molar-refractivity contribution < 1.29 is 13.6 Å². The number of anilines is 1. The fraction of sp³-hybridized carbons (Fsp3) is 0.0769. The molecule has 0 spiro atoms. The monoisotopic (exact) mass is 312 g/mol. The number of halogens is 2. The normalized spacial score (nSPS) is 10.1. The van der Waals surface area contributed by atoms with Gasteiger partial charge in [-0.25, -0.2) is 4.39 Å². The van der Waals surface area contributed by atoms with Gasteiger partial charge in [0, 0.05) is 5.69 Å². The summed E-state index contributed by atoms with van der Waals surface area (Å²) in [6, 6.07) is 7.36. The van der Waals surface area contributed by atoms with E-state index in [1.54, 1.807) is 12.1 Å². The maximum Gasteiger partial charge on any atom is 0.283 e. The number of carbonyl (C=O) groups is 1.